The number of nitrogens with zero attached hydrogens (tertiary/aromatic N) is 1. The Morgan fingerprint density at radius 3 is 2.68 bits per heavy atom. The number of ether oxygens (including phenoxy) is 1. The van der Waals surface area contributed by atoms with Crippen LogP contribution in [0.1, 0.15) is 5.56 Å². The fraction of sp³-hybridized carbons (Fsp3) is 0.0625. The van der Waals surface area contributed by atoms with Gasteiger partial charge >= 0.3 is 0 Å². The first-order chi connectivity index (χ1) is 9.33. The van der Waals surface area contributed by atoms with Crippen LogP contribution in [0.15, 0.2) is 53.1 Å². The van der Waals surface area contributed by atoms with E-state index in [4.69, 9.17) is 14.4 Å². The molecule has 19 heavy (non-hydrogen) atoms. The third-order valence-electron chi connectivity index (χ3n) is 3.10. The van der Waals surface area contributed by atoms with Gasteiger partial charge in [0.05, 0.1) is 30.6 Å². The average Bonchev–Trinajstić information content (AvgIpc) is 2.99. The molecule has 0 bridgehead atoms. The summed E-state index contributed by atoms with van der Waals surface area (Å²) < 4.78 is 10.9. The number of hydrogen-bond donors (Lipinski definition) is 0. The minimum Gasteiger partial charge on any atom is -0.496 e. The van der Waals surface area contributed by atoms with Crippen molar-refractivity contribution in [3.8, 4) is 23.1 Å². The zero-order chi connectivity index (χ0) is 13.2. The third-order valence-corrected chi connectivity index (χ3v) is 3.10. The van der Waals surface area contributed by atoms with Crippen LogP contribution in [0.4, 0.5) is 0 Å². The first-order valence-corrected chi connectivity index (χ1v) is 5.88. The lowest BCUT2D eigenvalue weighted by Crippen LogP contribution is -1.89. The second-order valence-corrected chi connectivity index (χ2v) is 4.17. The van der Waals surface area contributed by atoms with Gasteiger partial charge < -0.3 is 9.15 Å². The van der Waals surface area contributed by atoms with Gasteiger partial charge in [-0.3, -0.25) is 0 Å². The topological polar surface area (TPSA) is 46.2 Å². The van der Waals surface area contributed by atoms with Gasteiger partial charge in [0, 0.05) is 0 Å². The van der Waals surface area contributed by atoms with Crippen molar-refractivity contribution in [3.05, 3.63) is 54.3 Å². The number of furan rings is 1. The van der Waals surface area contributed by atoms with E-state index in [1.165, 1.54) is 0 Å². The van der Waals surface area contributed by atoms with Crippen molar-refractivity contribution in [2.75, 3.05) is 7.11 Å². The van der Waals surface area contributed by atoms with Crippen molar-refractivity contribution in [2.45, 2.75) is 0 Å². The number of hydrogen-bond acceptors (Lipinski definition) is 3. The largest absolute Gasteiger partial charge is 0.496 e. The molecule has 0 unspecified atom stereocenters. The molecule has 1 heterocycles. The van der Waals surface area contributed by atoms with E-state index in [0.717, 1.165) is 27.8 Å². The van der Waals surface area contributed by atoms with Crippen molar-refractivity contribution >= 4 is 10.8 Å². The Balaban J connectivity index is 2.41. The van der Waals surface area contributed by atoms with Crippen LogP contribution in [-0.4, -0.2) is 7.11 Å². The summed E-state index contributed by atoms with van der Waals surface area (Å²) in [6, 6.07) is 15.4. The minimum atomic E-state index is 0.619. The molecule has 92 valence electrons. The highest BCUT2D eigenvalue weighted by atomic mass is 16.5. The Morgan fingerprint density at radius 1 is 1.16 bits per heavy atom. The molecule has 0 saturated carbocycles. The molecule has 3 aromatic rings. The molecular weight excluding hydrogens is 238 g/mol. The lowest BCUT2D eigenvalue weighted by Gasteiger charge is -2.10. The van der Waals surface area contributed by atoms with E-state index in [9.17, 15) is 0 Å². The number of nitriles is 1. The molecule has 2 aromatic carbocycles. The normalized spacial score (nSPS) is 10.3. The van der Waals surface area contributed by atoms with E-state index in [-0.39, 0.29) is 0 Å². The zero-order valence-electron chi connectivity index (χ0n) is 10.4. The quantitative estimate of drug-likeness (QED) is 0.690. The Kier molecular flexibility index (Phi) is 2.70. The van der Waals surface area contributed by atoms with Gasteiger partial charge in [-0.25, -0.2) is 0 Å². The van der Waals surface area contributed by atoms with Crippen molar-refractivity contribution in [3.63, 3.8) is 0 Å². The van der Waals surface area contributed by atoms with E-state index >= 15 is 0 Å². The van der Waals surface area contributed by atoms with Crippen molar-refractivity contribution < 1.29 is 9.15 Å². The van der Waals surface area contributed by atoms with E-state index in [2.05, 4.69) is 6.07 Å². The second kappa shape index (κ2) is 4.51. The fourth-order valence-electron chi connectivity index (χ4n) is 2.21. The minimum absolute atomic E-state index is 0.619. The summed E-state index contributed by atoms with van der Waals surface area (Å²) in [5.41, 5.74) is 1.50. The van der Waals surface area contributed by atoms with E-state index in [1.807, 2.05) is 36.4 Å². The van der Waals surface area contributed by atoms with Crippen LogP contribution in [0.3, 0.4) is 0 Å². The summed E-state index contributed by atoms with van der Waals surface area (Å²) in [4.78, 5) is 0. The fourth-order valence-corrected chi connectivity index (χ4v) is 2.21. The Bertz CT molecular complexity index is 767. The van der Waals surface area contributed by atoms with Crippen LogP contribution in [-0.2, 0) is 0 Å². The molecule has 3 rings (SSSR count). The standard InChI is InChI=1S/C16H11NO2/c1-18-14-7-6-12-5-4-11(10-17)9-13(12)16(14)15-3-2-8-19-15/h2-9H,1H3. The molecule has 0 radical (unpaired) electrons. The lowest BCUT2D eigenvalue weighted by molar-refractivity contribution is 0.415. The smallest absolute Gasteiger partial charge is 0.138 e. The van der Waals surface area contributed by atoms with E-state index in [0.29, 0.717) is 5.56 Å². The lowest BCUT2D eigenvalue weighted by atomic mass is 9.99. The maximum Gasteiger partial charge on any atom is 0.138 e. The first kappa shape index (κ1) is 11.4. The van der Waals surface area contributed by atoms with Crippen LogP contribution >= 0.6 is 0 Å². The average molecular weight is 249 g/mol. The first-order valence-electron chi connectivity index (χ1n) is 5.88. The number of fused-ring (bicyclic) bond motifs is 1. The Hall–Kier alpha value is -2.73. The molecule has 3 nitrogen and oxygen atoms in total. The summed E-state index contributed by atoms with van der Waals surface area (Å²) in [5, 5.41) is 11.0. The van der Waals surface area contributed by atoms with Crippen LogP contribution in [0, 0.1) is 11.3 Å². The Labute approximate surface area is 110 Å². The molecule has 0 fully saturated rings. The molecule has 0 N–H and O–H groups in total. The molecule has 0 aliphatic heterocycles. The van der Waals surface area contributed by atoms with Crippen LogP contribution < -0.4 is 4.74 Å². The third kappa shape index (κ3) is 1.84. The molecular formula is C16H11NO2. The van der Waals surface area contributed by atoms with Gasteiger partial charge in [-0.2, -0.15) is 5.26 Å². The highest BCUT2D eigenvalue weighted by Crippen LogP contribution is 2.37. The summed E-state index contributed by atoms with van der Waals surface area (Å²) in [6.45, 7) is 0. The van der Waals surface area contributed by atoms with Gasteiger partial charge in [0.25, 0.3) is 0 Å². The van der Waals surface area contributed by atoms with Gasteiger partial charge in [0.2, 0.25) is 0 Å². The predicted octanol–water partition coefficient (Wildman–Crippen LogP) is 3.98. The van der Waals surface area contributed by atoms with Gasteiger partial charge in [-0.1, -0.05) is 12.1 Å². The number of rotatable bonds is 2. The molecule has 0 aliphatic carbocycles. The molecule has 3 heteroatoms. The highest BCUT2D eigenvalue weighted by molar-refractivity contribution is 5.99. The SMILES string of the molecule is COc1ccc2ccc(C#N)cc2c1-c1ccco1. The van der Waals surface area contributed by atoms with Gasteiger partial charge in [0.15, 0.2) is 0 Å². The van der Waals surface area contributed by atoms with Crippen LogP contribution in [0.5, 0.6) is 5.75 Å². The van der Waals surface area contributed by atoms with E-state index in [1.54, 1.807) is 19.4 Å². The van der Waals surface area contributed by atoms with Gasteiger partial charge in [0.1, 0.15) is 11.5 Å². The zero-order valence-corrected chi connectivity index (χ0v) is 10.4. The maximum atomic E-state index is 9.04. The Morgan fingerprint density at radius 2 is 2.00 bits per heavy atom. The molecule has 0 aliphatic rings. The summed E-state index contributed by atoms with van der Waals surface area (Å²) in [5.74, 6) is 1.47. The molecule has 0 spiro atoms. The second-order valence-electron chi connectivity index (χ2n) is 4.17. The van der Waals surface area contributed by atoms with Crippen molar-refractivity contribution in [2.24, 2.45) is 0 Å². The number of methoxy groups -OCH3 is 1. The molecule has 0 atom stereocenters. The predicted molar refractivity (Wildman–Crippen MR) is 72.9 cm³/mol. The summed E-state index contributed by atoms with van der Waals surface area (Å²) in [7, 11) is 1.63. The van der Waals surface area contributed by atoms with Crippen molar-refractivity contribution in [1.29, 1.82) is 5.26 Å². The number of benzene rings is 2. The van der Waals surface area contributed by atoms with Gasteiger partial charge in [-0.05, 0) is 41.1 Å². The maximum absolute atomic E-state index is 9.04. The highest BCUT2D eigenvalue weighted by Gasteiger charge is 2.13. The molecule has 1 aromatic heterocycles. The van der Waals surface area contributed by atoms with Crippen LogP contribution in [0.2, 0.25) is 0 Å². The monoisotopic (exact) mass is 249 g/mol. The molecule has 0 amide bonds. The summed E-state index contributed by atoms with van der Waals surface area (Å²) in [6.07, 6.45) is 1.63. The van der Waals surface area contributed by atoms with Crippen LogP contribution in [0.25, 0.3) is 22.1 Å². The van der Waals surface area contributed by atoms with Crippen molar-refractivity contribution in [1.82, 2.24) is 0 Å². The van der Waals surface area contributed by atoms with Gasteiger partial charge in [-0.15, -0.1) is 0 Å². The van der Waals surface area contributed by atoms with E-state index < -0.39 is 0 Å². The molecule has 0 saturated heterocycles. The summed E-state index contributed by atoms with van der Waals surface area (Å²) >= 11 is 0.